The molecule has 1 aliphatic rings. The topological polar surface area (TPSA) is 71.4 Å². The SMILES string of the molecule is CCc1noc(C(C)N2CCN(Cc3nc(C)c(C)o3)CC2)n1. The highest BCUT2D eigenvalue weighted by Gasteiger charge is 2.26. The fraction of sp³-hybridized carbons (Fsp3) is 0.688. The lowest BCUT2D eigenvalue weighted by Gasteiger charge is -2.36. The average Bonchev–Trinajstić information content (AvgIpc) is 3.14. The standard InChI is InChI=1S/C16H25N5O2/c1-5-14-18-16(23-19-14)12(3)21-8-6-20(7-9-21)10-15-17-11(2)13(4)22-15/h12H,5-10H2,1-4H3. The minimum atomic E-state index is 0.163. The van der Waals surface area contributed by atoms with Gasteiger partial charge in [-0.15, -0.1) is 0 Å². The first-order chi connectivity index (χ1) is 11.1. The van der Waals surface area contributed by atoms with E-state index in [2.05, 4.69) is 31.8 Å². The monoisotopic (exact) mass is 319 g/mol. The molecule has 3 rings (SSSR count). The zero-order valence-electron chi connectivity index (χ0n) is 14.4. The Morgan fingerprint density at radius 1 is 1.13 bits per heavy atom. The Hall–Kier alpha value is -1.73. The van der Waals surface area contributed by atoms with Crippen LogP contribution in [0, 0.1) is 13.8 Å². The first-order valence-corrected chi connectivity index (χ1v) is 8.28. The maximum Gasteiger partial charge on any atom is 0.243 e. The third kappa shape index (κ3) is 3.61. The molecule has 1 saturated heterocycles. The smallest absolute Gasteiger partial charge is 0.243 e. The Balaban J connectivity index is 1.53. The van der Waals surface area contributed by atoms with E-state index in [0.717, 1.165) is 62.3 Å². The third-order valence-electron chi connectivity index (χ3n) is 4.54. The number of aromatic nitrogens is 3. The summed E-state index contributed by atoms with van der Waals surface area (Å²) in [5.74, 6) is 3.22. The molecular weight excluding hydrogens is 294 g/mol. The van der Waals surface area contributed by atoms with Gasteiger partial charge >= 0.3 is 0 Å². The molecule has 0 N–H and O–H groups in total. The van der Waals surface area contributed by atoms with E-state index in [0.29, 0.717) is 5.89 Å². The normalized spacial score (nSPS) is 18.4. The van der Waals surface area contributed by atoms with Crippen LogP contribution in [0.1, 0.15) is 48.9 Å². The number of piperazine rings is 1. The van der Waals surface area contributed by atoms with Crippen molar-refractivity contribution in [1.29, 1.82) is 0 Å². The van der Waals surface area contributed by atoms with Gasteiger partial charge in [0.15, 0.2) is 5.82 Å². The van der Waals surface area contributed by atoms with Crippen molar-refractivity contribution in [2.24, 2.45) is 0 Å². The molecule has 2 aromatic rings. The molecule has 23 heavy (non-hydrogen) atoms. The zero-order chi connectivity index (χ0) is 16.4. The molecule has 1 unspecified atom stereocenters. The van der Waals surface area contributed by atoms with Crippen molar-refractivity contribution in [2.45, 2.75) is 46.7 Å². The number of nitrogens with zero attached hydrogens (tertiary/aromatic N) is 5. The second-order valence-corrected chi connectivity index (χ2v) is 6.14. The van der Waals surface area contributed by atoms with Crippen LogP contribution < -0.4 is 0 Å². The molecule has 3 heterocycles. The second kappa shape index (κ2) is 6.80. The van der Waals surface area contributed by atoms with Crippen LogP contribution in [0.3, 0.4) is 0 Å². The summed E-state index contributed by atoms with van der Waals surface area (Å²) in [5.41, 5.74) is 0.982. The maximum atomic E-state index is 5.68. The molecule has 0 spiro atoms. The second-order valence-electron chi connectivity index (χ2n) is 6.14. The van der Waals surface area contributed by atoms with Crippen LogP contribution in [0.2, 0.25) is 0 Å². The van der Waals surface area contributed by atoms with Gasteiger partial charge in [0.1, 0.15) is 5.76 Å². The molecule has 126 valence electrons. The third-order valence-corrected chi connectivity index (χ3v) is 4.54. The fourth-order valence-corrected chi connectivity index (χ4v) is 2.84. The highest BCUT2D eigenvalue weighted by Crippen LogP contribution is 2.21. The molecule has 0 aliphatic carbocycles. The van der Waals surface area contributed by atoms with Gasteiger partial charge in [-0.3, -0.25) is 9.80 Å². The van der Waals surface area contributed by atoms with Crippen LogP contribution in [0.15, 0.2) is 8.94 Å². The quantitative estimate of drug-likeness (QED) is 0.836. The van der Waals surface area contributed by atoms with Crippen molar-refractivity contribution < 1.29 is 8.94 Å². The van der Waals surface area contributed by atoms with E-state index >= 15 is 0 Å². The largest absolute Gasteiger partial charge is 0.444 e. The Bertz CT molecular complexity index is 623. The van der Waals surface area contributed by atoms with Crippen LogP contribution in [0.4, 0.5) is 0 Å². The molecule has 0 saturated carbocycles. The minimum Gasteiger partial charge on any atom is -0.444 e. The van der Waals surface area contributed by atoms with E-state index in [1.165, 1.54) is 0 Å². The van der Waals surface area contributed by atoms with E-state index in [1.54, 1.807) is 0 Å². The van der Waals surface area contributed by atoms with Gasteiger partial charge in [0.05, 0.1) is 18.3 Å². The number of hydrogen-bond donors (Lipinski definition) is 0. The van der Waals surface area contributed by atoms with Gasteiger partial charge in [-0.05, 0) is 20.8 Å². The van der Waals surface area contributed by atoms with Crippen molar-refractivity contribution in [2.75, 3.05) is 26.2 Å². The molecule has 1 atom stereocenters. The molecule has 7 nitrogen and oxygen atoms in total. The van der Waals surface area contributed by atoms with Crippen LogP contribution in [0.25, 0.3) is 0 Å². The van der Waals surface area contributed by atoms with Gasteiger partial charge in [0.25, 0.3) is 0 Å². The molecule has 7 heteroatoms. The molecule has 1 aliphatic heterocycles. The van der Waals surface area contributed by atoms with Crippen LogP contribution >= 0.6 is 0 Å². The minimum absolute atomic E-state index is 0.163. The molecular formula is C16H25N5O2. The van der Waals surface area contributed by atoms with Gasteiger partial charge in [0, 0.05) is 32.6 Å². The van der Waals surface area contributed by atoms with Crippen molar-refractivity contribution >= 4 is 0 Å². The van der Waals surface area contributed by atoms with E-state index in [4.69, 9.17) is 8.94 Å². The van der Waals surface area contributed by atoms with Crippen LogP contribution in [-0.2, 0) is 13.0 Å². The molecule has 1 fully saturated rings. The summed E-state index contributed by atoms with van der Waals surface area (Å²) in [6.45, 7) is 12.8. The summed E-state index contributed by atoms with van der Waals surface area (Å²) >= 11 is 0. The van der Waals surface area contributed by atoms with Crippen molar-refractivity contribution in [3.63, 3.8) is 0 Å². The van der Waals surface area contributed by atoms with E-state index in [1.807, 2.05) is 20.8 Å². The van der Waals surface area contributed by atoms with Crippen LogP contribution in [0.5, 0.6) is 0 Å². The maximum absolute atomic E-state index is 5.68. The molecule has 0 radical (unpaired) electrons. The Morgan fingerprint density at radius 3 is 2.43 bits per heavy atom. The number of oxazole rings is 1. The van der Waals surface area contributed by atoms with Crippen molar-refractivity contribution in [3.05, 3.63) is 29.1 Å². The summed E-state index contributed by atoms with van der Waals surface area (Å²) in [4.78, 5) is 13.7. The van der Waals surface area contributed by atoms with Gasteiger partial charge in [0.2, 0.25) is 11.8 Å². The van der Waals surface area contributed by atoms with E-state index in [-0.39, 0.29) is 6.04 Å². The van der Waals surface area contributed by atoms with E-state index in [9.17, 15) is 0 Å². The summed E-state index contributed by atoms with van der Waals surface area (Å²) in [6, 6.07) is 0.163. The highest BCUT2D eigenvalue weighted by molar-refractivity contribution is 5.05. The zero-order valence-corrected chi connectivity index (χ0v) is 14.4. The molecule has 0 bridgehead atoms. The van der Waals surface area contributed by atoms with E-state index < -0.39 is 0 Å². The molecule has 2 aromatic heterocycles. The number of hydrogen-bond acceptors (Lipinski definition) is 7. The Morgan fingerprint density at radius 2 is 1.87 bits per heavy atom. The Kier molecular flexibility index (Phi) is 4.77. The van der Waals surface area contributed by atoms with Gasteiger partial charge in [-0.25, -0.2) is 4.98 Å². The summed E-state index contributed by atoms with van der Waals surface area (Å²) in [5, 5.41) is 3.99. The summed E-state index contributed by atoms with van der Waals surface area (Å²) < 4.78 is 11.0. The van der Waals surface area contributed by atoms with Gasteiger partial charge < -0.3 is 8.94 Å². The molecule has 0 aromatic carbocycles. The summed E-state index contributed by atoms with van der Waals surface area (Å²) in [6.07, 6.45) is 0.805. The van der Waals surface area contributed by atoms with Crippen molar-refractivity contribution in [1.82, 2.24) is 24.9 Å². The lowest BCUT2D eigenvalue weighted by Crippen LogP contribution is -2.46. The Labute approximate surface area is 136 Å². The highest BCUT2D eigenvalue weighted by atomic mass is 16.5. The van der Waals surface area contributed by atoms with Crippen molar-refractivity contribution in [3.8, 4) is 0 Å². The average molecular weight is 319 g/mol. The lowest BCUT2D eigenvalue weighted by molar-refractivity contribution is 0.0796. The lowest BCUT2D eigenvalue weighted by atomic mass is 10.2. The number of aryl methyl sites for hydroxylation is 3. The predicted molar refractivity (Wildman–Crippen MR) is 84.9 cm³/mol. The fourth-order valence-electron chi connectivity index (χ4n) is 2.84. The summed E-state index contributed by atoms with van der Waals surface area (Å²) in [7, 11) is 0. The first kappa shape index (κ1) is 16.1. The predicted octanol–water partition coefficient (Wildman–Crippen LogP) is 2.12. The first-order valence-electron chi connectivity index (χ1n) is 8.28. The van der Waals surface area contributed by atoms with Gasteiger partial charge in [-0.2, -0.15) is 4.98 Å². The number of rotatable bonds is 5. The van der Waals surface area contributed by atoms with Gasteiger partial charge in [-0.1, -0.05) is 12.1 Å². The van der Waals surface area contributed by atoms with Crippen LogP contribution in [-0.4, -0.2) is 51.1 Å². The molecule has 0 amide bonds.